The minimum absolute atomic E-state index is 0.0285. The number of aliphatic hydroxyl groups is 3. The number of aryl methyl sites for hydroxylation is 1. The Hall–Kier alpha value is -4.50. The van der Waals surface area contributed by atoms with Crippen molar-refractivity contribution in [2.75, 3.05) is 32.9 Å². The Labute approximate surface area is 279 Å². The average Bonchev–Trinajstić information content (AvgIpc) is 3.11. The van der Waals surface area contributed by atoms with Gasteiger partial charge in [-0.2, -0.15) is 0 Å². The van der Waals surface area contributed by atoms with Gasteiger partial charge in [0.25, 0.3) is 5.91 Å². The second-order valence-electron chi connectivity index (χ2n) is 12.2. The summed E-state index contributed by atoms with van der Waals surface area (Å²) in [6, 6.07) is 20.9. The Morgan fingerprint density at radius 2 is 1.77 bits per heavy atom. The van der Waals surface area contributed by atoms with Crippen LogP contribution in [0.5, 0.6) is 5.75 Å². The molecule has 1 aliphatic rings. The number of hydrogen-bond acceptors (Lipinski definition) is 11. The van der Waals surface area contributed by atoms with Crippen molar-refractivity contribution in [2.45, 2.75) is 50.4 Å². The zero-order valence-electron chi connectivity index (χ0n) is 27.0. The van der Waals surface area contributed by atoms with Crippen molar-refractivity contribution in [2.24, 2.45) is 5.73 Å². The first-order valence-corrected chi connectivity index (χ1v) is 15.7. The number of nitrogens with one attached hydrogen (secondary N) is 2. The number of hydroxylamine groups is 1. The van der Waals surface area contributed by atoms with E-state index in [0.29, 0.717) is 37.4 Å². The number of aliphatic hydroxyl groups excluding tert-OH is 3. The van der Waals surface area contributed by atoms with Crippen molar-refractivity contribution in [3.05, 3.63) is 102 Å². The second kappa shape index (κ2) is 17.1. The molecular weight excluding hydrogens is 616 g/mol. The van der Waals surface area contributed by atoms with Gasteiger partial charge in [0.15, 0.2) is 0 Å². The maximum absolute atomic E-state index is 13.3. The van der Waals surface area contributed by atoms with E-state index in [1.54, 1.807) is 35.9 Å². The van der Waals surface area contributed by atoms with Crippen molar-refractivity contribution in [3.8, 4) is 5.75 Å². The topological polar surface area (TPSA) is 203 Å². The van der Waals surface area contributed by atoms with Crippen LogP contribution in [0.15, 0.2) is 79.1 Å². The monoisotopic (exact) mass is 660 g/mol. The molecule has 5 rings (SSSR count). The van der Waals surface area contributed by atoms with Crippen molar-refractivity contribution >= 4 is 22.7 Å². The number of nitrogens with two attached hydrogens (primary N) is 1. The standard InChI is InChI=1S/C31H33N5O4.C4H11NO3/c1-22-16-25(27-7-2-3-8-28(27)33-22)20-40-26-11-9-24(10-12-26)30(38)34-31(17-29(37)35-39)13-5-15-36(21-31)19-23-6-4-14-32-18-23;5-4(1-6,2-7)3-8/h2-4,6-12,14,16,18,39H,5,13,15,17,19-21H2,1H3,(H,34,38)(H,35,37);6-8H,1-3,5H2. The second-order valence-corrected chi connectivity index (χ2v) is 12.2. The number of rotatable bonds is 12. The van der Waals surface area contributed by atoms with Crippen molar-refractivity contribution in [3.63, 3.8) is 0 Å². The fraction of sp³-hybridized carbons (Fsp3) is 0.371. The number of hydrogen-bond donors (Lipinski definition) is 7. The van der Waals surface area contributed by atoms with E-state index in [1.807, 2.05) is 55.6 Å². The van der Waals surface area contributed by atoms with Crippen LogP contribution in [0, 0.1) is 6.92 Å². The summed E-state index contributed by atoms with van der Waals surface area (Å²) in [5.74, 6) is -0.174. The van der Waals surface area contributed by atoms with Gasteiger partial charge in [-0.3, -0.25) is 29.7 Å². The number of likely N-dealkylation sites (tertiary alicyclic amines) is 1. The van der Waals surface area contributed by atoms with Crippen LogP contribution in [-0.2, 0) is 17.9 Å². The Kier molecular flexibility index (Phi) is 12.9. The smallest absolute Gasteiger partial charge is 0.251 e. The molecule has 13 heteroatoms. The molecule has 0 bridgehead atoms. The minimum atomic E-state index is -1.21. The lowest BCUT2D eigenvalue weighted by atomic mass is 9.84. The molecule has 4 aromatic rings. The molecule has 1 atom stereocenters. The molecule has 2 aromatic heterocycles. The molecule has 13 nitrogen and oxygen atoms in total. The number of amides is 2. The molecule has 2 aromatic carbocycles. The van der Waals surface area contributed by atoms with E-state index < -0.39 is 36.8 Å². The Morgan fingerprint density at radius 1 is 1.04 bits per heavy atom. The molecule has 0 aliphatic carbocycles. The van der Waals surface area contributed by atoms with E-state index in [9.17, 15) is 14.8 Å². The summed E-state index contributed by atoms with van der Waals surface area (Å²) in [7, 11) is 0. The van der Waals surface area contributed by atoms with Gasteiger partial charge in [-0.05, 0) is 74.3 Å². The highest BCUT2D eigenvalue weighted by Crippen LogP contribution is 2.27. The molecule has 1 fully saturated rings. The largest absolute Gasteiger partial charge is 0.489 e. The summed E-state index contributed by atoms with van der Waals surface area (Å²) in [6.45, 7) is 3.10. The maximum atomic E-state index is 13.3. The number of fused-ring (bicyclic) bond motifs is 1. The highest BCUT2D eigenvalue weighted by atomic mass is 16.5. The third-order valence-electron chi connectivity index (χ3n) is 8.17. The van der Waals surface area contributed by atoms with E-state index in [-0.39, 0.29) is 12.3 Å². The van der Waals surface area contributed by atoms with Crippen LogP contribution in [0.3, 0.4) is 0 Å². The van der Waals surface area contributed by atoms with Crippen LogP contribution in [0.1, 0.15) is 46.4 Å². The number of aromatic nitrogens is 2. The van der Waals surface area contributed by atoms with Gasteiger partial charge in [0.2, 0.25) is 5.91 Å². The molecule has 48 heavy (non-hydrogen) atoms. The van der Waals surface area contributed by atoms with Crippen LogP contribution >= 0.6 is 0 Å². The van der Waals surface area contributed by atoms with Gasteiger partial charge in [0, 0.05) is 47.7 Å². The summed E-state index contributed by atoms with van der Waals surface area (Å²) in [5, 5.41) is 38.4. The fourth-order valence-electron chi connectivity index (χ4n) is 5.59. The number of nitrogens with zero attached hydrogens (tertiary/aromatic N) is 3. The van der Waals surface area contributed by atoms with E-state index >= 15 is 0 Å². The van der Waals surface area contributed by atoms with Crippen molar-refractivity contribution in [1.29, 1.82) is 0 Å². The zero-order chi connectivity index (χ0) is 34.6. The van der Waals surface area contributed by atoms with Crippen LogP contribution in [0.4, 0.5) is 0 Å². The first-order chi connectivity index (χ1) is 23.1. The Bertz CT molecular complexity index is 1630. The summed E-state index contributed by atoms with van der Waals surface area (Å²) in [5.41, 5.74) is 9.26. The maximum Gasteiger partial charge on any atom is 0.251 e. The van der Waals surface area contributed by atoms with Gasteiger partial charge in [0.05, 0.1) is 42.8 Å². The van der Waals surface area contributed by atoms with E-state index in [0.717, 1.165) is 40.7 Å². The van der Waals surface area contributed by atoms with E-state index in [4.69, 9.17) is 25.8 Å². The minimum Gasteiger partial charge on any atom is -0.489 e. The highest BCUT2D eigenvalue weighted by Gasteiger charge is 2.39. The molecular formula is C35H44N6O7. The predicted molar refractivity (Wildman–Crippen MR) is 179 cm³/mol. The number of para-hydroxylation sites is 1. The van der Waals surface area contributed by atoms with Crippen LogP contribution < -0.4 is 21.3 Å². The number of ether oxygens (including phenoxy) is 1. The highest BCUT2D eigenvalue weighted by molar-refractivity contribution is 5.95. The van der Waals surface area contributed by atoms with Gasteiger partial charge < -0.3 is 31.1 Å². The number of pyridine rings is 2. The molecule has 1 aliphatic heterocycles. The van der Waals surface area contributed by atoms with E-state index in [2.05, 4.69) is 20.2 Å². The van der Waals surface area contributed by atoms with Crippen molar-refractivity contribution < 1.29 is 34.9 Å². The summed E-state index contributed by atoms with van der Waals surface area (Å²) in [4.78, 5) is 36.6. The van der Waals surface area contributed by atoms with E-state index in [1.165, 1.54) is 0 Å². The molecule has 1 unspecified atom stereocenters. The number of piperidine rings is 1. The van der Waals surface area contributed by atoms with Crippen LogP contribution in [0.25, 0.3) is 10.9 Å². The SMILES string of the molecule is Cc1cc(COc2ccc(C(=O)NC3(CC(=O)NO)CCCN(Cc4cccnc4)C3)cc2)c2ccccc2n1.NC(CO)(CO)CO. The first-order valence-electron chi connectivity index (χ1n) is 15.7. The number of carbonyl (C=O) groups excluding carboxylic acids is 2. The normalized spacial score (nSPS) is 16.5. The van der Waals surface area contributed by atoms with Gasteiger partial charge >= 0.3 is 0 Å². The fourth-order valence-corrected chi connectivity index (χ4v) is 5.59. The average molecular weight is 661 g/mol. The molecule has 256 valence electrons. The summed E-state index contributed by atoms with van der Waals surface area (Å²) in [6.07, 6.45) is 4.94. The first kappa shape index (κ1) is 36.3. The summed E-state index contributed by atoms with van der Waals surface area (Å²) >= 11 is 0. The van der Waals surface area contributed by atoms with Gasteiger partial charge in [-0.1, -0.05) is 24.3 Å². The molecule has 0 radical (unpaired) electrons. The number of carbonyl (C=O) groups is 2. The third kappa shape index (κ3) is 10.0. The molecule has 3 heterocycles. The number of benzene rings is 2. The lowest BCUT2D eigenvalue weighted by molar-refractivity contribution is -0.131. The van der Waals surface area contributed by atoms with Crippen LogP contribution in [-0.4, -0.2) is 91.2 Å². The Morgan fingerprint density at radius 3 is 2.42 bits per heavy atom. The predicted octanol–water partition coefficient (Wildman–Crippen LogP) is 1.84. The summed E-state index contributed by atoms with van der Waals surface area (Å²) < 4.78 is 6.05. The third-order valence-corrected chi connectivity index (χ3v) is 8.17. The quantitative estimate of drug-likeness (QED) is 0.0863. The zero-order valence-corrected chi connectivity index (χ0v) is 27.0. The molecule has 0 saturated carbocycles. The molecule has 8 N–H and O–H groups in total. The molecule has 1 saturated heterocycles. The van der Waals surface area contributed by atoms with Gasteiger partial charge in [-0.15, -0.1) is 0 Å². The lowest BCUT2D eigenvalue weighted by Crippen LogP contribution is -2.60. The Balaban J connectivity index is 0.000000579. The van der Waals surface area contributed by atoms with Crippen LogP contribution in [0.2, 0.25) is 0 Å². The van der Waals surface area contributed by atoms with Crippen molar-refractivity contribution in [1.82, 2.24) is 25.7 Å². The van der Waals surface area contributed by atoms with Gasteiger partial charge in [-0.25, -0.2) is 5.48 Å². The molecule has 2 amide bonds. The molecule has 0 spiro atoms. The lowest BCUT2D eigenvalue weighted by Gasteiger charge is -2.43. The van der Waals surface area contributed by atoms with Gasteiger partial charge in [0.1, 0.15) is 12.4 Å².